The zero-order valence-electron chi connectivity index (χ0n) is 13.0. The molecule has 0 saturated heterocycles. The molecule has 0 fully saturated rings. The Morgan fingerprint density at radius 3 is 2.21 bits per heavy atom. The molecule has 0 atom stereocenters. The number of benzene rings is 3. The highest BCUT2D eigenvalue weighted by atomic mass is 32.1. The third-order valence-corrected chi connectivity index (χ3v) is 3.89. The van der Waals surface area contributed by atoms with Crippen LogP contribution in [-0.4, -0.2) is 5.11 Å². The molecule has 2 nitrogen and oxygen atoms in total. The lowest BCUT2D eigenvalue weighted by molar-refractivity contribution is 0.628. The number of rotatable bonds is 4. The number of thiocarbonyl (C=S) groups is 1. The van der Waals surface area contributed by atoms with Gasteiger partial charge < -0.3 is 10.2 Å². The van der Waals surface area contributed by atoms with Gasteiger partial charge in [0.1, 0.15) is 5.82 Å². The topological polar surface area (TPSA) is 15.3 Å². The van der Waals surface area contributed by atoms with E-state index in [2.05, 4.69) is 17.4 Å². The van der Waals surface area contributed by atoms with Crippen molar-refractivity contribution in [2.75, 3.05) is 10.2 Å². The van der Waals surface area contributed by atoms with Gasteiger partial charge in [-0.2, -0.15) is 0 Å². The van der Waals surface area contributed by atoms with Gasteiger partial charge in [0.2, 0.25) is 0 Å². The van der Waals surface area contributed by atoms with Crippen LogP contribution in [0.2, 0.25) is 0 Å². The quantitative estimate of drug-likeness (QED) is 0.657. The number of halogens is 1. The summed E-state index contributed by atoms with van der Waals surface area (Å²) in [6.07, 6.45) is 0. The van der Waals surface area contributed by atoms with E-state index in [9.17, 15) is 4.39 Å². The van der Waals surface area contributed by atoms with Gasteiger partial charge in [0, 0.05) is 11.4 Å². The molecule has 0 heterocycles. The summed E-state index contributed by atoms with van der Waals surface area (Å²) in [5.74, 6) is -0.294. The Labute approximate surface area is 146 Å². The molecule has 3 rings (SSSR count). The molecule has 120 valence electrons. The van der Waals surface area contributed by atoms with E-state index in [-0.39, 0.29) is 5.82 Å². The molecular formula is C20H17FN2S. The fraction of sp³-hybridized carbons (Fsp3) is 0.0500. The van der Waals surface area contributed by atoms with Crippen LogP contribution in [0.1, 0.15) is 5.56 Å². The van der Waals surface area contributed by atoms with E-state index in [1.807, 2.05) is 53.4 Å². The Hall–Kier alpha value is -2.72. The highest BCUT2D eigenvalue weighted by Gasteiger charge is 2.13. The highest BCUT2D eigenvalue weighted by molar-refractivity contribution is 7.80. The smallest absolute Gasteiger partial charge is 0.178 e. The van der Waals surface area contributed by atoms with Gasteiger partial charge >= 0.3 is 0 Å². The first kappa shape index (κ1) is 16.1. The summed E-state index contributed by atoms with van der Waals surface area (Å²) in [5.41, 5.74) is 2.76. The van der Waals surface area contributed by atoms with E-state index >= 15 is 0 Å². The molecule has 3 aromatic rings. The van der Waals surface area contributed by atoms with Gasteiger partial charge in [0.15, 0.2) is 5.11 Å². The number of para-hydroxylation sites is 1. The van der Waals surface area contributed by atoms with E-state index in [0.717, 1.165) is 11.3 Å². The first-order valence-corrected chi connectivity index (χ1v) is 8.06. The molecule has 4 heteroatoms. The van der Waals surface area contributed by atoms with Crippen molar-refractivity contribution in [3.05, 3.63) is 96.3 Å². The number of hydrogen-bond donors (Lipinski definition) is 1. The Balaban J connectivity index is 1.85. The summed E-state index contributed by atoms with van der Waals surface area (Å²) in [4.78, 5) is 2.00. The number of hydrogen-bond acceptors (Lipinski definition) is 1. The fourth-order valence-electron chi connectivity index (χ4n) is 2.41. The number of anilines is 2. The third kappa shape index (κ3) is 4.18. The second-order valence-corrected chi connectivity index (χ2v) is 5.73. The normalized spacial score (nSPS) is 10.2. The van der Waals surface area contributed by atoms with Crippen LogP contribution in [-0.2, 0) is 6.54 Å². The average Bonchev–Trinajstić information content (AvgIpc) is 2.61. The lowest BCUT2D eigenvalue weighted by Crippen LogP contribution is -2.34. The fourth-order valence-corrected chi connectivity index (χ4v) is 2.70. The van der Waals surface area contributed by atoms with Gasteiger partial charge in [-0.25, -0.2) is 4.39 Å². The van der Waals surface area contributed by atoms with Crippen LogP contribution in [0.25, 0.3) is 0 Å². The van der Waals surface area contributed by atoms with Crippen molar-refractivity contribution < 1.29 is 4.39 Å². The second-order valence-electron chi connectivity index (χ2n) is 5.35. The summed E-state index contributed by atoms with van der Waals surface area (Å²) in [6, 6.07) is 26.3. The molecule has 1 N–H and O–H groups in total. The van der Waals surface area contributed by atoms with Crippen molar-refractivity contribution in [2.24, 2.45) is 0 Å². The van der Waals surface area contributed by atoms with Gasteiger partial charge in [-0.3, -0.25) is 0 Å². The predicted molar refractivity (Wildman–Crippen MR) is 102 cm³/mol. The van der Waals surface area contributed by atoms with E-state index in [1.165, 1.54) is 12.1 Å². The van der Waals surface area contributed by atoms with E-state index in [1.54, 1.807) is 12.1 Å². The minimum Gasteiger partial charge on any atom is -0.332 e. The lowest BCUT2D eigenvalue weighted by atomic mass is 10.2. The monoisotopic (exact) mass is 336 g/mol. The molecule has 0 spiro atoms. The summed E-state index contributed by atoms with van der Waals surface area (Å²) in [7, 11) is 0. The van der Waals surface area contributed by atoms with Crippen LogP contribution in [0.5, 0.6) is 0 Å². The molecule has 24 heavy (non-hydrogen) atoms. The second kappa shape index (κ2) is 7.70. The van der Waals surface area contributed by atoms with Crippen molar-refractivity contribution in [1.29, 1.82) is 0 Å². The molecule has 0 aliphatic carbocycles. The molecule has 3 aromatic carbocycles. The Kier molecular flexibility index (Phi) is 5.18. The van der Waals surface area contributed by atoms with Gasteiger partial charge in [-0.15, -0.1) is 0 Å². The largest absolute Gasteiger partial charge is 0.332 e. The van der Waals surface area contributed by atoms with Crippen LogP contribution < -0.4 is 10.2 Å². The molecule has 0 unspecified atom stereocenters. The maximum Gasteiger partial charge on any atom is 0.178 e. The van der Waals surface area contributed by atoms with Gasteiger partial charge in [-0.05, 0) is 48.1 Å². The summed E-state index contributed by atoms with van der Waals surface area (Å²) in [6.45, 7) is 0.631. The average molecular weight is 336 g/mol. The molecule has 0 radical (unpaired) electrons. The van der Waals surface area contributed by atoms with Gasteiger partial charge in [-0.1, -0.05) is 54.6 Å². The van der Waals surface area contributed by atoms with E-state index in [0.29, 0.717) is 17.3 Å². The molecule has 0 aliphatic rings. The first-order valence-electron chi connectivity index (χ1n) is 7.65. The van der Waals surface area contributed by atoms with Gasteiger partial charge in [0.05, 0.1) is 6.54 Å². The van der Waals surface area contributed by atoms with Crippen LogP contribution in [0, 0.1) is 5.82 Å². The Bertz CT molecular complexity index is 806. The maximum absolute atomic E-state index is 13.4. The number of nitrogens with one attached hydrogen (secondary N) is 1. The van der Waals surface area contributed by atoms with Crippen LogP contribution in [0.15, 0.2) is 84.9 Å². The molecule has 0 bridgehead atoms. The summed E-state index contributed by atoms with van der Waals surface area (Å²) >= 11 is 5.57. The molecule has 0 aliphatic heterocycles. The predicted octanol–water partition coefficient (Wildman–Crippen LogP) is 5.23. The molecule has 0 amide bonds. The van der Waals surface area contributed by atoms with Crippen molar-refractivity contribution in [3.8, 4) is 0 Å². The third-order valence-electron chi connectivity index (χ3n) is 3.57. The lowest BCUT2D eigenvalue weighted by Gasteiger charge is -2.26. The Morgan fingerprint density at radius 1 is 0.875 bits per heavy atom. The van der Waals surface area contributed by atoms with Crippen LogP contribution in [0.4, 0.5) is 15.8 Å². The van der Waals surface area contributed by atoms with E-state index < -0.39 is 0 Å². The first-order chi connectivity index (χ1) is 11.7. The summed E-state index contributed by atoms with van der Waals surface area (Å²) in [5, 5.41) is 3.64. The van der Waals surface area contributed by atoms with Crippen molar-refractivity contribution >= 4 is 28.7 Å². The zero-order valence-corrected chi connectivity index (χ0v) is 13.8. The van der Waals surface area contributed by atoms with Crippen molar-refractivity contribution in [2.45, 2.75) is 6.54 Å². The van der Waals surface area contributed by atoms with Crippen molar-refractivity contribution in [1.82, 2.24) is 0 Å². The van der Waals surface area contributed by atoms with E-state index in [4.69, 9.17) is 12.2 Å². The van der Waals surface area contributed by atoms with Crippen molar-refractivity contribution in [3.63, 3.8) is 0 Å². The Morgan fingerprint density at radius 2 is 1.54 bits per heavy atom. The standard InChI is InChI=1S/C20H17FN2S/c21-17-10-7-11-18(14-17)22-20(24)23(19-12-5-2-6-13-19)15-16-8-3-1-4-9-16/h1-14H,15H2,(H,22,24). The van der Waals surface area contributed by atoms with Crippen LogP contribution in [0.3, 0.4) is 0 Å². The zero-order chi connectivity index (χ0) is 16.8. The highest BCUT2D eigenvalue weighted by Crippen LogP contribution is 2.19. The number of nitrogens with zero attached hydrogens (tertiary/aromatic N) is 1. The maximum atomic E-state index is 13.4. The molecular weight excluding hydrogens is 319 g/mol. The SMILES string of the molecule is Fc1cccc(NC(=S)N(Cc2ccccc2)c2ccccc2)c1. The molecule has 0 aromatic heterocycles. The molecule has 0 saturated carbocycles. The van der Waals surface area contributed by atoms with Gasteiger partial charge in [0.25, 0.3) is 0 Å². The minimum absolute atomic E-state index is 0.294. The minimum atomic E-state index is -0.294. The van der Waals surface area contributed by atoms with Crippen LogP contribution >= 0.6 is 12.2 Å². The summed E-state index contributed by atoms with van der Waals surface area (Å²) < 4.78 is 13.4.